The van der Waals surface area contributed by atoms with Crippen molar-refractivity contribution < 1.29 is 4.74 Å². The maximum atomic E-state index is 5.42. The van der Waals surface area contributed by atoms with Crippen molar-refractivity contribution in [1.29, 1.82) is 0 Å². The summed E-state index contributed by atoms with van der Waals surface area (Å²) in [6, 6.07) is 0. The van der Waals surface area contributed by atoms with Gasteiger partial charge in [0.2, 0.25) is 0 Å². The molecule has 31 heavy (non-hydrogen) atoms. The molecule has 178 valence electrons. The number of likely N-dealkylation sites (tertiary alicyclic amines) is 1. The molecule has 0 aliphatic carbocycles. The molecule has 0 spiro atoms. The van der Waals surface area contributed by atoms with Crippen LogP contribution in [0.1, 0.15) is 43.8 Å². The van der Waals surface area contributed by atoms with Gasteiger partial charge in [0.15, 0.2) is 5.96 Å². The molecule has 0 amide bonds. The number of aliphatic imine (C=N–C) groups is 1. The van der Waals surface area contributed by atoms with E-state index in [1.807, 2.05) is 0 Å². The van der Waals surface area contributed by atoms with Crippen LogP contribution in [-0.2, 0) is 17.7 Å². The first-order chi connectivity index (χ1) is 14.8. The molecule has 0 saturated carbocycles. The molecule has 0 atom stereocenters. The van der Waals surface area contributed by atoms with Crippen LogP contribution in [0, 0.1) is 5.92 Å². The van der Waals surface area contributed by atoms with Crippen LogP contribution in [0.5, 0.6) is 0 Å². The summed E-state index contributed by atoms with van der Waals surface area (Å²) in [4.78, 5) is 14.6. The quantitative estimate of drug-likeness (QED) is 0.197. The van der Waals surface area contributed by atoms with Crippen molar-refractivity contribution in [3.63, 3.8) is 0 Å². The minimum Gasteiger partial charge on any atom is -0.379 e. The highest BCUT2D eigenvalue weighted by atomic mass is 127. The molecule has 0 aromatic carbocycles. The van der Waals surface area contributed by atoms with Crippen LogP contribution in [0.25, 0.3) is 0 Å². The van der Waals surface area contributed by atoms with Crippen molar-refractivity contribution in [2.75, 3.05) is 65.6 Å². The van der Waals surface area contributed by atoms with Gasteiger partial charge in [-0.15, -0.1) is 35.3 Å². The number of nitrogens with zero attached hydrogens (tertiary/aromatic N) is 4. The molecule has 0 radical (unpaired) electrons. The highest BCUT2D eigenvalue weighted by Crippen LogP contribution is 2.20. The van der Waals surface area contributed by atoms with E-state index in [0.717, 1.165) is 90.9 Å². The number of halogens is 1. The van der Waals surface area contributed by atoms with Gasteiger partial charge in [0.1, 0.15) is 0 Å². The summed E-state index contributed by atoms with van der Waals surface area (Å²) in [7, 11) is 0. The van der Waals surface area contributed by atoms with Crippen LogP contribution in [0.15, 0.2) is 10.4 Å². The molecule has 9 heteroatoms. The maximum Gasteiger partial charge on any atom is 0.191 e. The number of guanidine groups is 1. The molecule has 1 aromatic heterocycles. The lowest BCUT2D eigenvalue weighted by atomic mass is 9.97. The van der Waals surface area contributed by atoms with E-state index in [2.05, 4.69) is 39.7 Å². The molecular formula is C22H41IN6OS. The van der Waals surface area contributed by atoms with E-state index in [1.165, 1.54) is 23.5 Å². The molecule has 0 unspecified atom stereocenters. The first-order valence-electron chi connectivity index (χ1n) is 11.7. The fourth-order valence-corrected chi connectivity index (χ4v) is 4.77. The standard InChI is InChI=1S/C22H40N6OS.HI/c1-3-21-26-20(18-30-21)17-28-10-6-19(7-11-28)16-25-22(23-4-2)24-8-5-9-27-12-14-29-15-13-27;/h18-19H,3-17H2,1-2H3,(H2,23,24,25);1H. The number of hydrogen-bond donors (Lipinski definition) is 2. The Kier molecular flexibility index (Phi) is 13.3. The Morgan fingerprint density at radius 3 is 2.61 bits per heavy atom. The van der Waals surface area contributed by atoms with Gasteiger partial charge in [-0.2, -0.15) is 0 Å². The average molecular weight is 565 g/mol. The molecular weight excluding hydrogens is 523 g/mol. The Labute approximate surface area is 209 Å². The lowest BCUT2D eigenvalue weighted by Crippen LogP contribution is -2.41. The van der Waals surface area contributed by atoms with Gasteiger partial charge in [-0.25, -0.2) is 4.98 Å². The molecule has 2 saturated heterocycles. The van der Waals surface area contributed by atoms with E-state index in [9.17, 15) is 0 Å². The van der Waals surface area contributed by atoms with E-state index >= 15 is 0 Å². The zero-order chi connectivity index (χ0) is 21.0. The van der Waals surface area contributed by atoms with Crippen molar-refractivity contribution in [3.05, 3.63) is 16.1 Å². The second-order valence-corrected chi connectivity index (χ2v) is 9.20. The molecule has 3 rings (SSSR count). The van der Waals surface area contributed by atoms with Crippen molar-refractivity contribution in [1.82, 2.24) is 25.4 Å². The van der Waals surface area contributed by atoms with Crippen molar-refractivity contribution in [3.8, 4) is 0 Å². The van der Waals surface area contributed by atoms with Crippen LogP contribution < -0.4 is 10.6 Å². The molecule has 3 heterocycles. The molecule has 2 aliphatic rings. The van der Waals surface area contributed by atoms with Gasteiger partial charge in [-0.1, -0.05) is 6.92 Å². The summed E-state index contributed by atoms with van der Waals surface area (Å²) in [5.41, 5.74) is 1.24. The number of piperidine rings is 1. The Morgan fingerprint density at radius 2 is 1.94 bits per heavy atom. The first-order valence-corrected chi connectivity index (χ1v) is 12.6. The summed E-state index contributed by atoms with van der Waals surface area (Å²) >= 11 is 1.79. The number of hydrogen-bond acceptors (Lipinski definition) is 6. The SMILES string of the molecule is CCNC(=NCC1CCN(Cc2csc(CC)n2)CC1)NCCCN1CCOCC1.I. The monoisotopic (exact) mass is 564 g/mol. The fourth-order valence-electron chi connectivity index (χ4n) is 4.04. The zero-order valence-electron chi connectivity index (χ0n) is 19.3. The lowest BCUT2D eigenvalue weighted by molar-refractivity contribution is 0.0376. The molecule has 1 aromatic rings. The molecule has 2 aliphatic heterocycles. The normalized spacial score (nSPS) is 19.2. The van der Waals surface area contributed by atoms with Gasteiger partial charge in [0.25, 0.3) is 0 Å². The topological polar surface area (TPSA) is 65.0 Å². The van der Waals surface area contributed by atoms with E-state index in [4.69, 9.17) is 14.7 Å². The van der Waals surface area contributed by atoms with Crippen LogP contribution >= 0.6 is 35.3 Å². The minimum atomic E-state index is 0. The number of aromatic nitrogens is 1. The molecule has 2 fully saturated rings. The Hall–Kier alpha value is -0.490. The average Bonchev–Trinajstić information content (AvgIpc) is 3.24. The number of nitrogens with one attached hydrogen (secondary N) is 2. The first kappa shape index (κ1) is 26.8. The fraction of sp³-hybridized carbons (Fsp3) is 0.818. The summed E-state index contributed by atoms with van der Waals surface area (Å²) < 4.78 is 5.42. The van der Waals surface area contributed by atoms with Crippen molar-refractivity contribution in [2.24, 2.45) is 10.9 Å². The third-order valence-corrected chi connectivity index (χ3v) is 6.94. The van der Waals surface area contributed by atoms with E-state index in [0.29, 0.717) is 5.92 Å². The van der Waals surface area contributed by atoms with E-state index in [-0.39, 0.29) is 24.0 Å². The Balaban J connectivity index is 0.00000341. The van der Waals surface area contributed by atoms with Crippen LogP contribution in [0.3, 0.4) is 0 Å². The van der Waals surface area contributed by atoms with Crippen LogP contribution in [0.2, 0.25) is 0 Å². The third kappa shape index (κ3) is 9.89. The summed E-state index contributed by atoms with van der Waals surface area (Å²) in [5.74, 6) is 1.66. The summed E-state index contributed by atoms with van der Waals surface area (Å²) in [6.45, 7) is 15.4. The predicted octanol–water partition coefficient (Wildman–Crippen LogP) is 2.81. The van der Waals surface area contributed by atoms with Gasteiger partial charge < -0.3 is 15.4 Å². The smallest absolute Gasteiger partial charge is 0.191 e. The maximum absolute atomic E-state index is 5.42. The molecule has 0 bridgehead atoms. The van der Waals surface area contributed by atoms with Gasteiger partial charge >= 0.3 is 0 Å². The Bertz CT molecular complexity index is 629. The van der Waals surface area contributed by atoms with Gasteiger partial charge in [0.05, 0.1) is 23.9 Å². The number of rotatable bonds is 10. The summed E-state index contributed by atoms with van der Waals surface area (Å²) in [5, 5.41) is 10.4. The number of ether oxygens (including phenoxy) is 1. The predicted molar refractivity (Wildman–Crippen MR) is 141 cm³/mol. The van der Waals surface area contributed by atoms with E-state index < -0.39 is 0 Å². The Morgan fingerprint density at radius 1 is 1.16 bits per heavy atom. The van der Waals surface area contributed by atoms with Crippen molar-refractivity contribution in [2.45, 2.75) is 46.1 Å². The number of aryl methyl sites for hydroxylation is 1. The molecule has 7 nitrogen and oxygen atoms in total. The lowest BCUT2D eigenvalue weighted by Gasteiger charge is -2.30. The molecule has 2 N–H and O–H groups in total. The third-order valence-electron chi connectivity index (χ3n) is 5.89. The van der Waals surface area contributed by atoms with Gasteiger partial charge in [0, 0.05) is 44.6 Å². The number of thiazole rings is 1. The second kappa shape index (κ2) is 15.4. The van der Waals surface area contributed by atoms with Crippen molar-refractivity contribution >= 4 is 41.3 Å². The highest BCUT2D eigenvalue weighted by molar-refractivity contribution is 14.0. The minimum absolute atomic E-state index is 0. The zero-order valence-corrected chi connectivity index (χ0v) is 22.4. The second-order valence-electron chi connectivity index (χ2n) is 8.26. The van der Waals surface area contributed by atoms with Crippen LogP contribution in [-0.4, -0.2) is 86.3 Å². The summed E-state index contributed by atoms with van der Waals surface area (Å²) in [6.07, 6.45) is 4.63. The van der Waals surface area contributed by atoms with Gasteiger partial charge in [-0.3, -0.25) is 14.8 Å². The number of morpholine rings is 1. The van der Waals surface area contributed by atoms with Gasteiger partial charge in [-0.05, 0) is 58.2 Å². The highest BCUT2D eigenvalue weighted by Gasteiger charge is 2.20. The van der Waals surface area contributed by atoms with E-state index in [1.54, 1.807) is 11.3 Å². The largest absolute Gasteiger partial charge is 0.379 e. The van der Waals surface area contributed by atoms with Crippen LogP contribution in [0.4, 0.5) is 0 Å².